The van der Waals surface area contributed by atoms with Crippen LogP contribution in [0.15, 0.2) is 66.8 Å². The van der Waals surface area contributed by atoms with Crippen LogP contribution in [-0.4, -0.2) is 41.8 Å². The lowest BCUT2D eigenvalue weighted by atomic mass is 9.87. The van der Waals surface area contributed by atoms with Gasteiger partial charge in [-0.1, -0.05) is 83.8 Å². The molecule has 0 aliphatic heterocycles. The van der Waals surface area contributed by atoms with Gasteiger partial charge in [-0.05, 0) is 54.2 Å². The Morgan fingerprint density at radius 2 is 1.81 bits per heavy atom. The van der Waals surface area contributed by atoms with E-state index in [2.05, 4.69) is 45.5 Å². The summed E-state index contributed by atoms with van der Waals surface area (Å²) < 4.78 is 9.34. The Kier molecular flexibility index (Phi) is 10.8. The summed E-state index contributed by atoms with van der Waals surface area (Å²) in [7, 11) is 1.53. The van der Waals surface area contributed by atoms with Crippen LogP contribution in [0.5, 0.6) is 5.75 Å². The van der Waals surface area contributed by atoms with Crippen LogP contribution < -0.4 is 10.1 Å². The van der Waals surface area contributed by atoms with Gasteiger partial charge in [0.1, 0.15) is 10.1 Å². The molecule has 0 saturated heterocycles. The maximum Gasteiger partial charge on any atom is 0.324 e. The van der Waals surface area contributed by atoms with Crippen LogP contribution in [0.4, 0.5) is 0 Å². The number of aryl methyl sites for hydroxylation is 1. The normalized spacial score (nSPS) is 16.9. The van der Waals surface area contributed by atoms with Crippen LogP contribution in [0, 0.1) is 0 Å². The fraction of sp³-hybridized carbons (Fsp3) is 0.379. The number of hydrogen-bond donors (Lipinski definition) is 2. The SMILES string of the molecule is COCOc1ccc(C(=O)NCCCCCCCc2ccccc2)c(C2=CC=CC(Br)(C(=O)O)C2)c1. The minimum atomic E-state index is -1.21. The molecule has 1 unspecified atom stereocenters. The lowest BCUT2D eigenvalue weighted by Gasteiger charge is -2.25. The van der Waals surface area contributed by atoms with E-state index in [1.54, 1.807) is 30.4 Å². The van der Waals surface area contributed by atoms with Crippen molar-refractivity contribution in [2.24, 2.45) is 0 Å². The Morgan fingerprint density at radius 3 is 2.56 bits per heavy atom. The molecular weight excluding hydrogens is 522 g/mol. The second kappa shape index (κ2) is 14.0. The molecule has 192 valence electrons. The highest BCUT2D eigenvalue weighted by atomic mass is 79.9. The summed E-state index contributed by atoms with van der Waals surface area (Å²) in [6, 6.07) is 15.7. The highest BCUT2D eigenvalue weighted by molar-refractivity contribution is 9.10. The zero-order valence-corrected chi connectivity index (χ0v) is 22.3. The van der Waals surface area contributed by atoms with Gasteiger partial charge in [-0.15, -0.1) is 0 Å². The maximum absolute atomic E-state index is 13.1. The number of methoxy groups -OCH3 is 1. The summed E-state index contributed by atoms with van der Waals surface area (Å²) in [6.07, 6.45) is 11.9. The van der Waals surface area contributed by atoms with Crippen molar-refractivity contribution < 1.29 is 24.2 Å². The van der Waals surface area contributed by atoms with Gasteiger partial charge in [0.25, 0.3) is 5.91 Å². The predicted molar refractivity (Wildman–Crippen MR) is 146 cm³/mol. The van der Waals surface area contributed by atoms with Crippen LogP contribution in [0.25, 0.3) is 5.57 Å². The number of unbranched alkanes of at least 4 members (excludes halogenated alkanes) is 4. The lowest BCUT2D eigenvalue weighted by Crippen LogP contribution is -2.31. The third-order valence-electron chi connectivity index (χ3n) is 6.16. The molecule has 1 amide bonds. The van der Waals surface area contributed by atoms with Crippen molar-refractivity contribution in [3.63, 3.8) is 0 Å². The second-order valence-electron chi connectivity index (χ2n) is 8.91. The molecule has 0 radical (unpaired) electrons. The lowest BCUT2D eigenvalue weighted by molar-refractivity contribution is -0.138. The summed E-state index contributed by atoms with van der Waals surface area (Å²) in [5, 5.41) is 12.7. The van der Waals surface area contributed by atoms with Crippen LogP contribution in [0.3, 0.4) is 0 Å². The number of carboxylic acid groups (broad SMARTS) is 1. The monoisotopic (exact) mass is 555 g/mol. The standard InChI is InChI=1S/C29H34BrNO5/c1-35-21-36-24-15-16-25(26(19-24)23-14-10-17-29(30,20-23)28(33)34)27(32)31-18-9-4-2-3-6-11-22-12-7-5-8-13-22/h5,7-8,10,12-17,19H,2-4,6,9,11,18,20-21H2,1H3,(H,31,32)(H,33,34). The molecule has 0 fully saturated rings. The Labute approximate surface area is 221 Å². The molecule has 3 rings (SSSR count). The number of hydrogen-bond acceptors (Lipinski definition) is 4. The molecule has 0 spiro atoms. The van der Waals surface area contributed by atoms with E-state index in [0.29, 0.717) is 23.4 Å². The third-order valence-corrected chi connectivity index (χ3v) is 7.04. The Balaban J connectivity index is 1.55. The van der Waals surface area contributed by atoms with Gasteiger partial charge in [0.05, 0.1) is 0 Å². The fourth-order valence-electron chi connectivity index (χ4n) is 4.17. The molecule has 1 atom stereocenters. The minimum Gasteiger partial charge on any atom is -0.480 e. The summed E-state index contributed by atoms with van der Waals surface area (Å²) >= 11 is 3.33. The molecular formula is C29H34BrNO5. The number of carboxylic acids is 1. The van der Waals surface area contributed by atoms with Crippen molar-refractivity contribution in [1.29, 1.82) is 0 Å². The molecule has 2 N–H and O–H groups in total. The predicted octanol–water partition coefficient (Wildman–Crippen LogP) is 6.15. The van der Waals surface area contributed by atoms with Crippen molar-refractivity contribution >= 4 is 33.4 Å². The van der Waals surface area contributed by atoms with E-state index >= 15 is 0 Å². The number of carbonyl (C=O) groups is 2. The molecule has 2 aromatic rings. The molecule has 2 aromatic carbocycles. The Hall–Kier alpha value is -2.90. The summed E-state index contributed by atoms with van der Waals surface area (Å²) in [4.78, 5) is 24.8. The van der Waals surface area contributed by atoms with E-state index < -0.39 is 10.3 Å². The van der Waals surface area contributed by atoms with Gasteiger partial charge >= 0.3 is 5.97 Å². The molecule has 0 heterocycles. The number of aliphatic carboxylic acids is 1. The van der Waals surface area contributed by atoms with E-state index in [0.717, 1.165) is 31.3 Å². The Morgan fingerprint density at radius 1 is 1.06 bits per heavy atom. The second-order valence-corrected chi connectivity index (χ2v) is 10.3. The minimum absolute atomic E-state index is 0.0762. The van der Waals surface area contributed by atoms with Crippen LogP contribution in [0.1, 0.15) is 60.0 Å². The first-order valence-electron chi connectivity index (χ1n) is 12.3. The molecule has 0 saturated carbocycles. The van der Waals surface area contributed by atoms with E-state index in [4.69, 9.17) is 9.47 Å². The van der Waals surface area contributed by atoms with E-state index in [1.807, 2.05) is 12.1 Å². The van der Waals surface area contributed by atoms with Crippen LogP contribution in [0.2, 0.25) is 0 Å². The number of halogens is 1. The van der Waals surface area contributed by atoms with Gasteiger partial charge < -0.3 is 19.9 Å². The summed E-state index contributed by atoms with van der Waals surface area (Å²) in [5.41, 5.74) is 3.26. The summed E-state index contributed by atoms with van der Waals surface area (Å²) in [5.74, 6) is -0.617. The quantitative estimate of drug-likeness (QED) is 0.166. The van der Waals surface area contributed by atoms with Gasteiger partial charge in [0, 0.05) is 25.6 Å². The molecule has 1 aliphatic rings. The number of carbonyl (C=O) groups excluding carboxylic acids is 1. The fourth-order valence-corrected chi connectivity index (χ4v) is 4.63. The van der Waals surface area contributed by atoms with Crippen molar-refractivity contribution in [1.82, 2.24) is 5.32 Å². The molecule has 0 bridgehead atoms. The van der Waals surface area contributed by atoms with Gasteiger partial charge in [-0.25, -0.2) is 0 Å². The highest BCUT2D eigenvalue weighted by Gasteiger charge is 2.36. The van der Waals surface area contributed by atoms with E-state index in [-0.39, 0.29) is 19.1 Å². The number of alkyl halides is 1. The number of amides is 1. The molecule has 0 aromatic heterocycles. The van der Waals surface area contributed by atoms with Crippen molar-refractivity contribution in [2.75, 3.05) is 20.4 Å². The largest absolute Gasteiger partial charge is 0.480 e. The van der Waals surface area contributed by atoms with Gasteiger partial charge in [-0.3, -0.25) is 9.59 Å². The zero-order valence-electron chi connectivity index (χ0n) is 20.7. The maximum atomic E-state index is 13.1. The van der Waals surface area contributed by atoms with Crippen molar-refractivity contribution in [3.05, 3.63) is 83.4 Å². The van der Waals surface area contributed by atoms with E-state index in [9.17, 15) is 14.7 Å². The Bertz CT molecular complexity index is 1080. The average Bonchev–Trinajstić information content (AvgIpc) is 2.89. The smallest absolute Gasteiger partial charge is 0.324 e. The highest BCUT2D eigenvalue weighted by Crippen LogP contribution is 2.38. The van der Waals surface area contributed by atoms with Crippen molar-refractivity contribution in [2.45, 2.75) is 49.3 Å². The van der Waals surface area contributed by atoms with Crippen molar-refractivity contribution in [3.8, 4) is 5.75 Å². The van der Waals surface area contributed by atoms with Crippen LogP contribution >= 0.6 is 15.9 Å². The molecule has 36 heavy (non-hydrogen) atoms. The topological polar surface area (TPSA) is 84.9 Å². The molecule has 7 heteroatoms. The number of rotatable bonds is 14. The number of ether oxygens (including phenoxy) is 2. The van der Waals surface area contributed by atoms with Crippen LogP contribution in [-0.2, 0) is 16.0 Å². The van der Waals surface area contributed by atoms with Gasteiger partial charge in [0.15, 0.2) is 6.79 Å². The first-order valence-corrected chi connectivity index (χ1v) is 13.1. The molecule has 1 aliphatic carbocycles. The number of benzene rings is 2. The van der Waals surface area contributed by atoms with Gasteiger partial charge in [0.2, 0.25) is 0 Å². The molecule has 6 nitrogen and oxygen atoms in total. The first-order chi connectivity index (χ1) is 17.4. The summed E-state index contributed by atoms with van der Waals surface area (Å²) in [6.45, 7) is 0.669. The number of nitrogens with one attached hydrogen (secondary N) is 1. The van der Waals surface area contributed by atoms with Gasteiger partial charge in [-0.2, -0.15) is 0 Å². The first kappa shape index (κ1) is 27.7. The average molecular weight is 556 g/mol. The zero-order chi connectivity index (χ0) is 25.8. The van der Waals surface area contributed by atoms with E-state index in [1.165, 1.54) is 25.5 Å². The number of allylic oxidation sites excluding steroid dienone is 3. The third kappa shape index (κ3) is 8.07.